The molecule has 0 unspecified atom stereocenters. The zero-order chi connectivity index (χ0) is 14.9. The van der Waals surface area contributed by atoms with Crippen LogP contribution < -0.4 is 0 Å². The van der Waals surface area contributed by atoms with Gasteiger partial charge in [0.1, 0.15) is 0 Å². The molecule has 1 amide bonds. The van der Waals surface area contributed by atoms with E-state index < -0.39 is 9.84 Å². The maximum absolute atomic E-state index is 12.2. The van der Waals surface area contributed by atoms with Gasteiger partial charge in [-0.3, -0.25) is 4.79 Å². The molecule has 0 aromatic heterocycles. The predicted octanol–water partition coefficient (Wildman–Crippen LogP) is 0.808. The van der Waals surface area contributed by atoms with Crippen molar-refractivity contribution in [2.75, 3.05) is 32.1 Å². The molecule has 6 heteroatoms. The molecule has 2 aliphatic rings. The van der Waals surface area contributed by atoms with Crippen LogP contribution in [0.2, 0.25) is 0 Å². The Morgan fingerprint density at radius 1 is 1.24 bits per heavy atom. The molecule has 1 aromatic carbocycles. The molecule has 1 aromatic rings. The summed E-state index contributed by atoms with van der Waals surface area (Å²) >= 11 is 0. The van der Waals surface area contributed by atoms with Gasteiger partial charge >= 0.3 is 0 Å². The fourth-order valence-electron chi connectivity index (χ4n) is 2.90. The molecule has 1 fully saturated rings. The minimum absolute atomic E-state index is 0.0805. The number of fused-ring (bicyclic) bond motifs is 1. The highest BCUT2D eigenvalue weighted by molar-refractivity contribution is 7.91. The number of carbonyl (C=O) groups excluding carboxylic acids is 1. The number of carbonyl (C=O) groups is 1. The average molecular weight is 309 g/mol. The van der Waals surface area contributed by atoms with Gasteiger partial charge in [-0.2, -0.15) is 0 Å². The van der Waals surface area contributed by atoms with Gasteiger partial charge in [0.05, 0.1) is 30.3 Å². The van der Waals surface area contributed by atoms with Crippen LogP contribution in [-0.4, -0.2) is 51.3 Å². The zero-order valence-electron chi connectivity index (χ0n) is 11.9. The third kappa shape index (κ3) is 3.11. The van der Waals surface area contributed by atoms with E-state index in [1.165, 1.54) is 0 Å². The van der Waals surface area contributed by atoms with Gasteiger partial charge in [-0.25, -0.2) is 8.42 Å². The van der Waals surface area contributed by atoms with Crippen LogP contribution >= 0.6 is 0 Å². The molecule has 0 aliphatic carbocycles. The second-order valence-electron chi connectivity index (χ2n) is 5.53. The Bertz CT molecular complexity index is 648. The normalized spacial score (nSPS) is 20.9. The summed E-state index contributed by atoms with van der Waals surface area (Å²) in [5, 5.41) is 0. The number of sulfone groups is 1. The molecular formula is C15H19NO4S. The Kier molecular flexibility index (Phi) is 3.99. The van der Waals surface area contributed by atoms with Gasteiger partial charge in [0.15, 0.2) is 9.84 Å². The van der Waals surface area contributed by atoms with E-state index in [4.69, 9.17) is 4.74 Å². The van der Waals surface area contributed by atoms with Gasteiger partial charge < -0.3 is 9.64 Å². The summed E-state index contributed by atoms with van der Waals surface area (Å²) in [5.41, 5.74) is 1.75. The van der Waals surface area contributed by atoms with Crippen molar-refractivity contribution < 1.29 is 17.9 Å². The number of morpholine rings is 1. The minimum Gasteiger partial charge on any atom is -0.378 e. The van der Waals surface area contributed by atoms with E-state index in [-0.39, 0.29) is 11.7 Å². The molecule has 0 atom stereocenters. The Balaban J connectivity index is 1.76. The predicted molar refractivity (Wildman–Crippen MR) is 77.9 cm³/mol. The van der Waals surface area contributed by atoms with Crippen molar-refractivity contribution in [3.8, 4) is 0 Å². The van der Waals surface area contributed by atoms with Gasteiger partial charge in [-0.15, -0.1) is 0 Å². The van der Waals surface area contributed by atoms with E-state index in [2.05, 4.69) is 0 Å². The Morgan fingerprint density at radius 3 is 2.76 bits per heavy atom. The van der Waals surface area contributed by atoms with Gasteiger partial charge in [-0.1, -0.05) is 12.1 Å². The van der Waals surface area contributed by atoms with Crippen LogP contribution in [0.1, 0.15) is 17.5 Å². The number of hydrogen-bond donors (Lipinski definition) is 0. The van der Waals surface area contributed by atoms with Crippen molar-refractivity contribution in [2.24, 2.45) is 0 Å². The summed E-state index contributed by atoms with van der Waals surface area (Å²) < 4.78 is 29.2. The Labute approximate surface area is 124 Å². The molecule has 2 heterocycles. The average Bonchev–Trinajstić information content (AvgIpc) is 2.47. The molecule has 0 bridgehead atoms. The summed E-state index contributed by atoms with van der Waals surface area (Å²) in [4.78, 5) is 14.5. The van der Waals surface area contributed by atoms with Crippen LogP contribution in [0.3, 0.4) is 0 Å². The fourth-order valence-corrected chi connectivity index (χ4v) is 4.48. The number of amides is 1. The van der Waals surface area contributed by atoms with Gasteiger partial charge in [0.25, 0.3) is 0 Å². The minimum atomic E-state index is -3.12. The summed E-state index contributed by atoms with van der Waals surface area (Å²) in [7, 11) is -3.12. The molecule has 114 valence electrons. The first kappa shape index (κ1) is 14.5. The number of benzene rings is 1. The zero-order valence-corrected chi connectivity index (χ0v) is 12.7. The second kappa shape index (κ2) is 5.77. The van der Waals surface area contributed by atoms with Crippen LogP contribution in [0, 0.1) is 0 Å². The number of hydrogen-bond acceptors (Lipinski definition) is 4. The van der Waals surface area contributed by atoms with Crippen molar-refractivity contribution >= 4 is 15.7 Å². The number of nitrogens with zero attached hydrogens (tertiary/aromatic N) is 1. The first-order chi connectivity index (χ1) is 10.1. The van der Waals surface area contributed by atoms with Crippen molar-refractivity contribution in [1.82, 2.24) is 4.90 Å². The molecule has 5 nitrogen and oxygen atoms in total. The lowest BCUT2D eigenvalue weighted by molar-refractivity contribution is -0.134. The van der Waals surface area contributed by atoms with Crippen LogP contribution in [-0.2, 0) is 32.2 Å². The highest BCUT2D eigenvalue weighted by Gasteiger charge is 2.24. The van der Waals surface area contributed by atoms with Crippen LogP contribution in [0.5, 0.6) is 0 Å². The largest absolute Gasteiger partial charge is 0.378 e. The standard InChI is InChI=1S/C15H19NO4S/c17-15(16-5-7-20-8-6-16)11-12-3-4-14-13(10-12)2-1-9-21(14,18)19/h3-4,10H,1-2,5-9,11H2. The number of ether oxygens (including phenoxy) is 1. The summed E-state index contributed by atoms with van der Waals surface area (Å²) in [6.07, 6.45) is 1.76. The van der Waals surface area contributed by atoms with Gasteiger partial charge in [-0.05, 0) is 30.0 Å². The van der Waals surface area contributed by atoms with Crippen molar-refractivity contribution in [3.05, 3.63) is 29.3 Å². The highest BCUT2D eigenvalue weighted by atomic mass is 32.2. The van der Waals surface area contributed by atoms with Crippen LogP contribution in [0.15, 0.2) is 23.1 Å². The van der Waals surface area contributed by atoms with Crippen molar-refractivity contribution in [1.29, 1.82) is 0 Å². The molecule has 3 rings (SSSR count). The monoisotopic (exact) mass is 309 g/mol. The molecule has 21 heavy (non-hydrogen) atoms. The maximum atomic E-state index is 12.2. The molecule has 0 spiro atoms. The van der Waals surface area contributed by atoms with Gasteiger partial charge in [0.2, 0.25) is 5.91 Å². The van der Waals surface area contributed by atoms with E-state index in [1.807, 2.05) is 6.07 Å². The number of rotatable bonds is 2. The lowest BCUT2D eigenvalue weighted by Gasteiger charge is -2.27. The van der Waals surface area contributed by atoms with E-state index in [1.54, 1.807) is 17.0 Å². The molecule has 0 N–H and O–H groups in total. The molecule has 0 radical (unpaired) electrons. The molecular weight excluding hydrogens is 290 g/mol. The maximum Gasteiger partial charge on any atom is 0.227 e. The summed E-state index contributed by atoms with van der Waals surface area (Å²) in [6.45, 7) is 2.46. The second-order valence-corrected chi connectivity index (χ2v) is 7.61. The lowest BCUT2D eigenvalue weighted by Crippen LogP contribution is -2.41. The van der Waals surface area contributed by atoms with Gasteiger partial charge in [0, 0.05) is 13.1 Å². The summed E-state index contributed by atoms with van der Waals surface area (Å²) in [6, 6.07) is 5.30. The van der Waals surface area contributed by atoms with E-state index in [0.29, 0.717) is 44.0 Å². The Morgan fingerprint density at radius 2 is 2.00 bits per heavy atom. The fraction of sp³-hybridized carbons (Fsp3) is 0.533. The van der Waals surface area contributed by atoms with E-state index >= 15 is 0 Å². The third-order valence-electron chi connectivity index (χ3n) is 4.04. The summed E-state index contributed by atoms with van der Waals surface area (Å²) in [5.74, 6) is 0.309. The van der Waals surface area contributed by atoms with Crippen molar-refractivity contribution in [3.63, 3.8) is 0 Å². The lowest BCUT2D eigenvalue weighted by atomic mass is 10.0. The molecule has 1 saturated heterocycles. The third-order valence-corrected chi connectivity index (χ3v) is 5.93. The highest BCUT2D eigenvalue weighted by Crippen LogP contribution is 2.26. The SMILES string of the molecule is O=C(Cc1ccc2c(c1)CCCS2(=O)=O)N1CCOCC1. The molecule has 0 saturated carbocycles. The van der Waals surface area contributed by atoms with Crippen molar-refractivity contribution in [2.45, 2.75) is 24.2 Å². The molecule has 2 aliphatic heterocycles. The smallest absolute Gasteiger partial charge is 0.227 e. The van der Waals surface area contributed by atoms with E-state index in [9.17, 15) is 13.2 Å². The quantitative estimate of drug-likeness (QED) is 0.811. The number of aryl methyl sites for hydroxylation is 1. The first-order valence-corrected chi connectivity index (χ1v) is 8.91. The van der Waals surface area contributed by atoms with Crippen LogP contribution in [0.4, 0.5) is 0 Å². The first-order valence-electron chi connectivity index (χ1n) is 7.26. The Hall–Kier alpha value is -1.40. The van der Waals surface area contributed by atoms with Crippen LogP contribution in [0.25, 0.3) is 0 Å². The van der Waals surface area contributed by atoms with E-state index in [0.717, 1.165) is 17.5 Å². The topological polar surface area (TPSA) is 63.7 Å².